The summed E-state index contributed by atoms with van der Waals surface area (Å²) in [5, 5.41) is 6.32. The number of urea groups is 1. The molecule has 168 valence electrons. The number of rotatable bonds is 4. The average Bonchev–Trinajstić information content (AvgIpc) is 3.32. The number of nitrogens with one attached hydrogen (secondary N) is 2. The summed E-state index contributed by atoms with van der Waals surface area (Å²) < 4.78 is 0. The Bertz CT molecular complexity index is 1010. The number of halogens is 1. The Labute approximate surface area is 194 Å². The van der Waals surface area contributed by atoms with Gasteiger partial charge in [0.2, 0.25) is 5.91 Å². The molecule has 1 aliphatic heterocycles. The number of amides is 3. The highest BCUT2D eigenvalue weighted by Gasteiger charge is 2.28. The predicted molar refractivity (Wildman–Crippen MR) is 129 cm³/mol. The van der Waals surface area contributed by atoms with E-state index in [1.165, 1.54) is 18.4 Å². The van der Waals surface area contributed by atoms with E-state index >= 15 is 0 Å². The second-order valence-electron chi connectivity index (χ2n) is 8.59. The summed E-state index contributed by atoms with van der Waals surface area (Å²) in [6.45, 7) is 3.43. The summed E-state index contributed by atoms with van der Waals surface area (Å²) >= 11 is 6.32. The lowest BCUT2D eigenvalue weighted by atomic mass is 9.97. The first-order valence-electron chi connectivity index (χ1n) is 11.3. The molecule has 32 heavy (non-hydrogen) atoms. The molecule has 0 bridgehead atoms. The fourth-order valence-corrected chi connectivity index (χ4v) is 4.84. The first-order valence-corrected chi connectivity index (χ1v) is 11.6. The molecule has 1 aromatic heterocycles. The molecule has 1 aromatic carbocycles. The number of aryl methyl sites for hydroxylation is 1. The van der Waals surface area contributed by atoms with Crippen LogP contribution in [0.3, 0.4) is 0 Å². The van der Waals surface area contributed by atoms with Crippen molar-refractivity contribution in [3.8, 4) is 0 Å². The van der Waals surface area contributed by atoms with Crippen molar-refractivity contribution >= 4 is 41.1 Å². The minimum Gasteiger partial charge on any atom is -0.342 e. The Morgan fingerprint density at radius 1 is 1.12 bits per heavy atom. The van der Waals surface area contributed by atoms with E-state index in [1.54, 1.807) is 18.3 Å². The first kappa shape index (κ1) is 22.3. The van der Waals surface area contributed by atoms with E-state index in [4.69, 9.17) is 11.6 Å². The topological polar surface area (TPSA) is 74.3 Å². The zero-order valence-electron chi connectivity index (χ0n) is 18.4. The van der Waals surface area contributed by atoms with Crippen LogP contribution in [0.4, 0.5) is 16.3 Å². The minimum absolute atomic E-state index is 0.226. The van der Waals surface area contributed by atoms with Crippen molar-refractivity contribution < 1.29 is 9.59 Å². The molecule has 3 amide bonds. The van der Waals surface area contributed by atoms with Crippen LogP contribution in [0.2, 0.25) is 5.02 Å². The van der Waals surface area contributed by atoms with Crippen LogP contribution in [0, 0.1) is 12.8 Å². The Hall–Kier alpha value is -2.86. The fourth-order valence-electron chi connectivity index (χ4n) is 4.56. The van der Waals surface area contributed by atoms with Crippen LogP contribution in [0.5, 0.6) is 0 Å². The third-order valence-electron chi connectivity index (χ3n) is 6.26. The lowest BCUT2D eigenvalue weighted by Crippen LogP contribution is -2.39. The molecule has 2 N–H and O–H groups in total. The minimum atomic E-state index is -0.356. The van der Waals surface area contributed by atoms with Gasteiger partial charge >= 0.3 is 6.03 Å². The number of carbonyl (C=O) groups excluding carboxylic acids is 2. The molecule has 1 saturated heterocycles. The number of piperidine rings is 1. The Balaban J connectivity index is 1.45. The van der Waals surface area contributed by atoms with Gasteiger partial charge in [-0.3, -0.25) is 10.1 Å². The molecule has 0 unspecified atom stereocenters. The van der Waals surface area contributed by atoms with E-state index in [9.17, 15) is 9.59 Å². The van der Waals surface area contributed by atoms with E-state index in [0.717, 1.165) is 55.6 Å². The van der Waals surface area contributed by atoms with Crippen LogP contribution < -0.4 is 10.6 Å². The Kier molecular flexibility index (Phi) is 7.10. The quantitative estimate of drug-likeness (QED) is 0.607. The maximum atomic E-state index is 12.7. The highest BCUT2D eigenvalue weighted by Crippen LogP contribution is 2.31. The van der Waals surface area contributed by atoms with Crippen LogP contribution in [0.15, 0.2) is 42.1 Å². The Morgan fingerprint density at radius 2 is 1.88 bits per heavy atom. The zero-order chi connectivity index (χ0) is 22.5. The molecular weight excluding hydrogens is 424 g/mol. The summed E-state index contributed by atoms with van der Waals surface area (Å²) in [7, 11) is 0. The van der Waals surface area contributed by atoms with Crippen LogP contribution in [0.1, 0.15) is 49.7 Å². The molecule has 0 atom stereocenters. The number of nitrogens with zero attached hydrogens (tertiary/aromatic N) is 2. The van der Waals surface area contributed by atoms with E-state index in [1.807, 2.05) is 30.0 Å². The number of benzene rings is 1. The molecule has 2 aromatic rings. The highest BCUT2D eigenvalue weighted by molar-refractivity contribution is 6.31. The normalized spacial score (nSPS) is 16.7. The van der Waals surface area contributed by atoms with E-state index < -0.39 is 0 Å². The average molecular weight is 453 g/mol. The number of carbonyl (C=O) groups is 2. The largest absolute Gasteiger partial charge is 0.342 e. The van der Waals surface area contributed by atoms with Gasteiger partial charge in [-0.1, -0.05) is 42.2 Å². The smallest absolute Gasteiger partial charge is 0.324 e. The van der Waals surface area contributed by atoms with Gasteiger partial charge in [0.05, 0.1) is 5.69 Å². The van der Waals surface area contributed by atoms with Gasteiger partial charge in [0.15, 0.2) is 0 Å². The monoisotopic (exact) mass is 452 g/mol. The maximum Gasteiger partial charge on any atom is 0.324 e. The van der Waals surface area contributed by atoms with Gasteiger partial charge in [0.1, 0.15) is 5.82 Å². The van der Waals surface area contributed by atoms with Gasteiger partial charge in [0, 0.05) is 30.2 Å². The molecule has 2 heterocycles. The fraction of sp³-hybridized carbons (Fsp3) is 0.400. The van der Waals surface area contributed by atoms with Crippen LogP contribution in [-0.2, 0) is 4.79 Å². The lowest BCUT2D eigenvalue weighted by molar-refractivity contribution is -0.135. The van der Waals surface area contributed by atoms with Crippen LogP contribution in [0.25, 0.3) is 6.08 Å². The predicted octanol–water partition coefficient (Wildman–Crippen LogP) is 5.88. The number of hydrogen-bond donors (Lipinski definition) is 2. The summed E-state index contributed by atoms with van der Waals surface area (Å²) in [5.74, 6) is 1.04. The molecule has 1 saturated carbocycles. The summed E-state index contributed by atoms with van der Waals surface area (Å²) in [4.78, 5) is 31.4. The third-order valence-corrected chi connectivity index (χ3v) is 6.48. The van der Waals surface area contributed by atoms with Crippen molar-refractivity contribution in [3.05, 3.63) is 58.3 Å². The third kappa shape index (κ3) is 5.49. The summed E-state index contributed by atoms with van der Waals surface area (Å²) in [5.41, 5.74) is 3.74. The van der Waals surface area contributed by atoms with Gasteiger partial charge in [-0.2, -0.15) is 0 Å². The highest BCUT2D eigenvalue weighted by atomic mass is 35.5. The van der Waals surface area contributed by atoms with Gasteiger partial charge in [-0.05, 0) is 68.0 Å². The van der Waals surface area contributed by atoms with Crippen molar-refractivity contribution in [3.63, 3.8) is 0 Å². The van der Waals surface area contributed by atoms with E-state index in [2.05, 4.69) is 21.7 Å². The van der Waals surface area contributed by atoms with E-state index in [0.29, 0.717) is 16.7 Å². The number of likely N-dealkylation sites (tertiary alicyclic amines) is 1. The summed E-state index contributed by atoms with van der Waals surface area (Å²) in [6, 6.07) is 8.69. The number of pyridine rings is 1. The number of anilines is 2. The molecule has 0 spiro atoms. The van der Waals surface area contributed by atoms with Crippen molar-refractivity contribution in [1.29, 1.82) is 0 Å². The summed E-state index contributed by atoms with van der Waals surface area (Å²) in [6.07, 6.45) is 9.83. The Morgan fingerprint density at radius 3 is 2.56 bits per heavy atom. The molecule has 6 nitrogen and oxygen atoms in total. The van der Waals surface area contributed by atoms with E-state index in [-0.39, 0.29) is 11.9 Å². The van der Waals surface area contributed by atoms with Gasteiger partial charge < -0.3 is 10.2 Å². The molecular formula is C25H29ClN4O2. The second-order valence-corrected chi connectivity index (χ2v) is 9.03. The second kappa shape index (κ2) is 10.2. The van der Waals surface area contributed by atoms with Gasteiger partial charge in [0.25, 0.3) is 0 Å². The molecule has 2 aliphatic rings. The van der Waals surface area contributed by atoms with Crippen molar-refractivity contribution in [1.82, 2.24) is 9.88 Å². The number of hydrogen-bond acceptors (Lipinski definition) is 3. The molecule has 7 heteroatoms. The maximum absolute atomic E-state index is 12.7. The molecule has 4 rings (SSSR count). The van der Waals surface area contributed by atoms with Crippen molar-refractivity contribution in [2.75, 3.05) is 23.7 Å². The molecule has 1 aliphatic carbocycles. The van der Waals surface area contributed by atoms with Gasteiger partial charge in [-0.15, -0.1) is 0 Å². The van der Waals surface area contributed by atoms with Crippen molar-refractivity contribution in [2.24, 2.45) is 5.92 Å². The lowest BCUT2D eigenvalue weighted by Gasteiger charge is -2.30. The first-order chi connectivity index (χ1) is 15.5. The number of aromatic nitrogens is 1. The van der Waals surface area contributed by atoms with Crippen molar-refractivity contribution in [2.45, 2.75) is 45.4 Å². The SMILES string of the molecule is Cc1cc(Cl)cc(C=C2CCN(C(=O)C3CCCC3)CC2)c1NC(=O)Nc1ccccn1. The zero-order valence-corrected chi connectivity index (χ0v) is 19.1. The van der Waals surface area contributed by atoms with Gasteiger partial charge in [-0.25, -0.2) is 9.78 Å². The van der Waals surface area contributed by atoms with Crippen LogP contribution in [-0.4, -0.2) is 34.9 Å². The van der Waals surface area contributed by atoms with Crippen LogP contribution >= 0.6 is 11.6 Å². The molecule has 0 radical (unpaired) electrons. The molecule has 2 fully saturated rings. The standard InChI is InChI=1S/C25H29ClN4O2/c1-17-14-21(26)16-20(23(17)29-25(32)28-22-8-4-5-11-27-22)15-18-9-12-30(13-10-18)24(31)19-6-2-3-7-19/h4-5,8,11,14-16,19H,2-3,6-7,9-10,12-13H2,1H3,(H2,27,28,29,32).